The molecule has 0 bridgehead atoms. The van der Waals surface area contributed by atoms with E-state index in [0.717, 1.165) is 25.3 Å². The molecule has 1 rings (SSSR count). The van der Waals surface area contributed by atoms with Crippen LogP contribution in [0.2, 0.25) is 0 Å². The molecule has 0 unspecified atom stereocenters. The zero-order valence-corrected chi connectivity index (χ0v) is 13.5. The first-order valence-electron chi connectivity index (χ1n) is 6.40. The minimum absolute atomic E-state index is 0. The van der Waals surface area contributed by atoms with Crippen molar-refractivity contribution in [1.29, 1.82) is 0 Å². The van der Waals surface area contributed by atoms with E-state index in [1.165, 1.54) is 12.8 Å². The molecule has 0 spiro atoms. The van der Waals surface area contributed by atoms with Gasteiger partial charge >= 0.3 is 0 Å². The van der Waals surface area contributed by atoms with Crippen LogP contribution in [0.4, 0.5) is 0 Å². The molecule has 0 aromatic heterocycles. The first-order valence-corrected chi connectivity index (χ1v) is 6.40. The predicted octanol–water partition coefficient (Wildman–Crippen LogP) is 1.87. The van der Waals surface area contributed by atoms with Crippen LogP contribution in [0.15, 0.2) is 4.99 Å². The van der Waals surface area contributed by atoms with Gasteiger partial charge < -0.3 is 15.7 Å². The molecular weight excluding hydrogens is 329 g/mol. The number of hydrogen-bond donors (Lipinski definition) is 3. The van der Waals surface area contributed by atoms with Crippen LogP contribution in [-0.2, 0) is 0 Å². The van der Waals surface area contributed by atoms with Gasteiger partial charge in [-0.3, -0.25) is 4.99 Å². The standard InChI is InChI=1S/C12H25N3O.HI/c1-4-12(16,5-2)9-14-11(13-6-3)15-10-7-8-10;/h10,16H,4-9H2,1-3H3,(H2,13,14,15);1H. The highest BCUT2D eigenvalue weighted by molar-refractivity contribution is 14.0. The third-order valence-corrected chi connectivity index (χ3v) is 3.11. The second kappa shape index (κ2) is 8.13. The van der Waals surface area contributed by atoms with Crippen LogP contribution in [0.25, 0.3) is 0 Å². The summed E-state index contributed by atoms with van der Waals surface area (Å²) < 4.78 is 0. The minimum Gasteiger partial charge on any atom is -0.388 e. The molecule has 0 aliphatic heterocycles. The molecule has 4 nitrogen and oxygen atoms in total. The van der Waals surface area contributed by atoms with Crippen molar-refractivity contribution in [2.24, 2.45) is 4.99 Å². The maximum Gasteiger partial charge on any atom is 0.191 e. The van der Waals surface area contributed by atoms with Gasteiger partial charge in [0.05, 0.1) is 12.1 Å². The number of nitrogens with one attached hydrogen (secondary N) is 2. The molecule has 1 saturated carbocycles. The molecule has 0 saturated heterocycles. The minimum atomic E-state index is -0.647. The summed E-state index contributed by atoms with van der Waals surface area (Å²) in [5.41, 5.74) is -0.647. The number of aliphatic imine (C=N–C) groups is 1. The van der Waals surface area contributed by atoms with E-state index in [4.69, 9.17) is 0 Å². The third-order valence-electron chi connectivity index (χ3n) is 3.11. The molecule has 0 atom stereocenters. The fraction of sp³-hybridized carbons (Fsp3) is 0.917. The Hall–Kier alpha value is -0.0400. The molecular formula is C12H26IN3O. The van der Waals surface area contributed by atoms with Crippen molar-refractivity contribution in [3.63, 3.8) is 0 Å². The van der Waals surface area contributed by atoms with E-state index < -0.39 is 5.60 Å². The molecule has 1 fully saturated rings. The maximum absolute atomic E-state index is 10.1. The van der Waals surface area contributed by atoms with Gasteiger partial charge in [0.15, 0.2) is 5.96 Å². The smallest absolute Gasteiger partial charge is 0.191 e. The van der Waals surface area contributed by atoms with Gasteiger partial charge in [0, 0.05) is 12.6 Å². The Morgan fingerprint density at radius 1 is 1.29 bits per heavy atom. The molecule has 0 radical (unpaired) electrons. The largest absolute Gasteiger partial charge is 0.388 e. The summed E-state index contributed by atoms with van der Waals surface area (Å²) in [4.78, 5) is 4.45. The summed E-state index contributed by atoms with van der Waals surface area (Å²) in [6.07, 6.45) is 3.96. The highest BCUT2D eigenvalue weighted by Gasteiger charge is 2.24. The SMILES string of the molecule is CCNC(=NCC(O)(CC)CC)NC1CC1.I. The van der Waals surface area contributed by atoms with Gasteiger partial charge in [0.1, 0.15) is 0 Å². The zero-order valence-electron chi connectivity index (χ0n) is 11.1. The van der Waals surface area contributed by atoms with Crippen molar-refractivity contribution in [3.8, 4) is 0 Å². The van der Waals surface area contributed by atoms with Crippen LogP contribution in [-0.4, -0.2) is 35.8 Å². The van der Waals surface area contributed by atoms with Crippen molar-refractivity contribution in [1.82, 2.24) is 10.6 Å². The monoisotopic (exact) mass is 355 g/mol. The van der Waals surface area contributed by atoms with E-state index in [2.05, 4.69) is 22.5 Å². The van der Waals surface area contributed by atoms with Crippen LogP contribution >= 0.6 is 24.0 Å². The van der Waals surface area contributed by atoms with E-state index in [9.17, 15) is 5.11 Å². The first kappa shape index (κ1) is 17.0. The molecule has 0 amide bonds. The molecule has 3 N–H and O–H groups in total. The first-order chi connectivity index (χ1) is 7.63. The van der Waals surface area contributed by atoms with Gasteiger partial charge in [0.2, 0.25) is 0 Å². The third kappa shape index (κ3) is 6.45. The van der Waals surface area contributed by atoms with Crippen molar-refractivity contribution in [2.45, 2.75) is 58.1 Å². The van der Waals surface area contributed by atoms with Crippen LogP contribution in [0, 0.1) is 0 Å². The number of guanidine groups is 1. The lowest BCUT2D eigenvalue weighted by Crippen LogP contribution is -2.40. The fourth-order valence-electron chi connectivity index (χ4n) is 1.44. The maximum atomic E-state index is 10.1. The highest BCUT2D eigenvalue weighted by Crippen LogP contribution is 2.19. The number of aliphatic hydroxyl groups is 1. The fourth-order valence-corrected chi connectivity index (χ4v) is 1.44. The molecule has 102 valence electrons. The number of rotatable bonds is 6. The number of halogens is 1. The molecule has 0 heterocycles. The summed E-state index contributed by atoms with van der Waals surface area (Å²) in [7, 11) is 0. The lowest BCUT2D eigenvalue weighted by atomic mass is 9.98. The van der Waals surface area contributed by atoms with Crippen molar-refractivity contribution in [3.05, 3.63) is 0 Å². The van der Waals surface area contributed by atoms with E-state index in [1.54, 1.807) is 0 Å². The molecule has 1 aliphatic rings. The molecule has 0 aromatic rings. The Labute approximate surface area is 122 Å². The Balaban J connectivity index is 0.00000256. The number of hydrogen-bond acceptors (Lipinski definition) is 2. The topological polar surface area (TPSA) is 56.7 Å². The average Bonchev–Trinajstić information content (AvgIpc) is 3.10. The van der Waals surface area contributed by atoms with Crippen molar-refractivity contribution in [2.75, 3.05) is 13.1 Å². The molecule has 17 heavy (non-hydrogen) atoms. The summed E-state index contributed by atoms with van der Waals surface area (Å²) in [6.45, 7) is 7.38. The Bertz CT molecular complexity index is 238. The normalized spacial score (nSPS) is 16.4. The van der Waals surface area contributed by atoms with E-state index in [0.29, 0.717) is 12.6 Å². The lowest BCUT2D eigenvalue weighted by Gasteiger charge is -2.23. The van der Waals surface area contributed by atoms with E-state index in [1.807, 2.05) is 13.8 Å². The molecule has 1 aliphatic carbocycles. The lowest BCUT2D eigenvalue weighted by molar-refractivity contribution is 0.0418. The Morgan fingerprint density at radius 2 is 1.88 bits per heavy atom. The predicted molar refractivity (Wildman–Crippen MR) is 83.1 cm³/mol. The second-order valence-electron chi connectivity index (χ2n) is 4.55. The van der Waals surface area contributed by atoms with Crippen LogP contribution < -0.4 is 10.6 Å². The van der Waals surface area contributed by atoms with Gasteiger partial charge in [-0.2, -0.15) is 0 Å². The van der Waals surface area contributed by atoms with Crippen LogP contribution in [0.5, 0.6) is 0 Å². The summed E-state index contributed by atoms with van der Waals surface area (Å²) in [5, 5.41) is 16.7. The van der Waals surface area contributed by atoms with Crippen molar-refractivity contribution >= 4 is 29.9 Å². The van der Waals surface area contributed by atoms with Gasteiger partial charge in [-0.05, 0) is 32.6 Å². The van der Waals surface area contributed by atoms with Gasteiger partial charge in [0.25, 0.3) is 0 Å². The molecule has 0 aromatic carbocycles. The van der Waals surface area contributed by atoms with Crippen LogP contribution in [0.1, 0.15) is 46.5 Å². The second-order valence-corrected chi connectivity index (χ2v) is 4.55. The van der Waals surface area contributed by atoms with Gasteiger partial charge in [-0.25, -0.2) is 0 Å². The average molecular weight is 355 g/mol. The highest BCUT2D eigenvalue weighted by atomic mass is 127. The Kier molecular flexibility index (Phi) is 8.11. The van der Waals surface area contributed by atoms with Gasteiger partial charge in [-0.1, -0.05) is 13.8 Å². The van der Waals surface area contributed by atoms with Crippen LogP contribution in [0.3, 0.4) is 0 Å². The van der Waals surface area contributed by atoms with Crippen molar-refractivity contribution < 1.29 is 5.11 Å². The zero-order chi connectivity index (χ0) is 12.0. The summed E-state index contributed by atoms with van der Waals surface area (Å²) in [5.74, 6) is 0.838. The van der Waals surface area contributed by atoms with E-state index >= 15 is 0 Å². The molecule has 5 heteroatoms. The summed E-state index contributed by atoms with van der Waals surface area (Å²) >= 11 is 0. The summed E-state index contributed by atoms with van der Waals surface area (Å²) in [6, 6.07) is 0.592. The number of nitrogens with zero attached hydrogens (tertiary/aromatic N) is 1. The quantitative estimate of drug-likeness (QED) is 0.387. The van der Waals surface area contributed by atoms with Gasteiger partial charge in [-0.15, -0.1) is 24.0 Å². The Morgan fingerprint density at radius 3 is 2.29 bits per heavy atom. The van der Waals surface area contributed by atoms with E-state index in [-0.39, 0.29) is 24.0 Å².